The number of aryl methyl sites for hydroxylation is 1. The molecule has 17 heavy (non-hydrogen) atoms. The summed E-state index contributed by atoms with van der Waals surface area (Å²) in [5.41, 5.74) is 0.999. The van der Waals surface area contributed by atoms with Crippen LogP contribution in [0.5, 0.6) is 5.75 Å². The molecule has 0 aliphatic rings. The fraction of sp³-hybridized carbons (Fsp3) is 0.182. The van der Waals surface area contributed by atoms with E-state index in [1.54, 1.807) is 18.4 Å². The van der Waals surface area contributed by atoms with Crippen LogP contribution in [0.4, 0.5) is 0 Å². The molecule has 0 fully saturated rings. The zero-order valence-electron chi connectivity index (χ0n) is 9.07. The van der Waals surface area contributed by atoms with Crippen molar-refractivity contribution < 1.29 is 25.2 Å². The summed E-state index contributed by atoms with van der Waals surface area (Å²) in [7, 11) is 1.60. The van der Waals surface area contributed by atoms with Crippen LogP contribution in [0.1, 0.15) is 4.88 Å². The number of rotatable bonds is 2. The second-order valence-corrected chi connectivity index (χ2v) is 5.74. The first-order chi connectivity index (χ1) is 7.61. The Hall–Kier alpha value is 0.0823. The van der Waals surface area contributed by atoms with Crippen molar-refractivity contribution in [1.82, 2.24) is 4.98 Å². The van der Waals surface area contributed by atoms with Crippen molar-refractivity contribution in [1.29, 1.82) is 0 Å². The van der Waals surface area contributed by atoms with Crippen LogP contribution in [0.25, 0.3) is 10.6 Å². The van der Waals surface area contributed by atoms with E-state index in [1.807, 2.05) is 25.3 Å². The maximum Gasteiger partial charge on any atom is 0.138 e. The average molecular weight is 425 g/mol. The zero-order chi connectivity index (χ0) is 11.7. The molecule has 0 N–H and O–H groups in total. The Morgan fingerprint density at radius 3 is 2.65 bits per heavy atom. The number of nitrogens with zero attached hydrogens (tertiary/aromatic N) is 1. The van der Waals surface area contributed by atoms with Crippen LogP contribution < -0.4 is 4.74 Å². The van der Waals surface area contributed by atoms with E-state index in [0.717, 1.165) is 15.0 Å². The van der Waals surface area contributed by atoms with Gasteiger partial charge in [0.05, 0.1) is 12.1 Å². The molecular weight excluding hydrogens is 416 g/mol. The van der Waals surface area contributed by atoms with Crippen molar-refractivity contribution in [3.05, 3.63) is 32.7 Å². The van der Waals surface area contributed by atoms with Gasteiger partial charge in [0.2, 0.25) is 0 Å². The van der Waals surface area contributed by atoms with Crippen LogP contribution in [-0.2, 0) is 20.4 Å². The van der Waals surface area contributed by atoms with E-state index in [1.165, 1.54) is 4.88 Å². The summed E-state index contributed by atoms with van der Waals surface area (Å²) in [4.78, 5) is 5.52. The van der Waals surface area contributed by atoms with Crippen LogP contribution in [0.15, 0.2) is 22.8 Å². The monoisotopic (exact) mass is 423 g/mol. The van der Waals surface area contributed by atoms with Crippen molar-refractivity contribution in [3.8, 4) is 16.3 Å². The third kappa shape index (κ3) is 3.30. The number of halogens is 2. The van der Waals surface area contributed by atoms with E-state index in [-0.39, 0.29) is 20.4 Å². The van der Waals surface area contributed by atoms with Gasteiger partial charge in [-0.2, -0.15) is 0 Å². The van der Waals surface area contributed by atoms with E-state index in [2.05, 4.69) is 20.9 Å². The number of ether oxygens (including phenoxy) is 1. The van der Waals surface area contributed by atoms with Gasteiger partial charge in [0, 0.05) is 41.5 Å². The smallest absolute Gasteiger partial charge is 0.138 e. The Bertz CT molecular complexity index is 532. The minimum atomic E-state index is 0. The van der Waals surface area contributed by atoms with Crippen molar-refractivity contribution in [2.75, 3.05) is 7.11 Å². The largest absolute Gasteiger partial charge is 0.495 e. The first-order valence-corrected chi connectivity index (χ1v) is 6.56. The van der Waals surface area contributed by atoms with E-state index in [4.69, 9.17) is 16.3 Å². The molecule has 0 atom stereocenters. The summed E-state index contributed by atoms with van der Waals surface area (Å²) in [6, 6.07) is 3.72. The van der Waals surface area contributed by atoms with Crippen LogP contribution >= 0.6 is 38.9 Å². The molecule has 0 aliphatic heterocycles. The summed E-state index contributed by atoms with van der Waals surface area (Å²) >= 11 is 11.1. The fourth-order valence-electron chi connectivity index (χ4n) is 1.33. The van der Waals surface area contributed by atoms with E-state index < -0.39 is 0 Å². The average Bonchev–Trinajstić information content (AvgIpc) is 2.65. The molecule has 1 heterocycles. The molecule has 94 valence electrons. The van der Waals surface area contributed by atoms with Gasteiger partial charge in [-0.3, -0.25) is 0 Å². The molecule has 0 spiro atoms. The zero-order valence-corrected chi connectivity index (χ0v) is 13.8. The molecule has 0 saturated heterocycles. The first kappa shape index (κ1) is 15.1. The van der Waals surface area contributed by atoms with Gasteiger partial charge >= 0.3 is 0 Å². The molecule has 0 bridgehead atoms. The van der Waals surface area contributed by atoms with Crippen LogP contribution in [-0.4, -0.2) is 12.1 Å². The molecule has 2 aromatic rings. The van der Waals surface area contributed by atoms with Gasteiger partial charge in [0.1, 0.15) is 10.8 Å². The molecule has 2 rings (SSSR count). The van der Waals surface area contributed by atoms with Crippen molar-refractivity contribution in [2.24, 2.45) is 0 Å². The Kier molecular flexibility index (Phi) is 5.62. The topological polar surface area (TPSA) is 22.1 Å². The molecule has 0 unspecified atom stereocenters. The van der Waals surface area contributed by atoms with Gasteiger partial charge in [0.25, 0.3) is 0 Å². The second-order valence-electron chi connectivity index (χ2n) is 3.24. The molecule has 0 aliphatic carbocycles. The number of hydrogen-bond acceptors (Lipinski definition) is 3. The Labute approximate surface area is 131 Å². The SMILES string of the molecule is COc1cc(-c2ncc(C)s2)c(Br)cc1Cl.[Pd]. The molecule has 6 heteroatoms. The molecule has 0 radical (unpaired) electrons. The minimum Gasteiger partial charge on any atom is -0.495 e. The van der Waals surface area contributed by atoms with Crippen LogP contribution in [0.2, 0.25) is 5.02 Å². The van der Waals surface area contributed by atoms with Gasteiger partial charge < -0.3 is 4.74 Å². The maximum atomic E-state index is 6.02. The number of benzene rings is 1. The summed E-state index contributed by atoms with van der Waals surface area (Å²) in [5, 5.41) is 1.55. The normalized spacial score (nSPS) is 9.88. The van der Waals surface area contributed by atoms with Gasteiger partial charge in [-0.15, -0.1) is 11.3 Å². The Morgan fingerprint density at radius 2 is 2.12 bits per heavy atom. The summed E-state index contributed by atoms with van der Waals surface area (Å²) in [6.45, 7) is 2.03. The molecule has 1 aromatic heterocycles. The van der Waals surface area contributed by atoms with Gasteiger partial charge in [-0.25, -0.2) is 4.98 Å². The minimum absolute atomic E-state index is 0. The van der Waals surface area contributed by atoms with E-state index in [9.17, 15) is 0 Å². The number of methoxy groups -OCH3 is 1. The molecule has 0 amide bonds. The van der Waals surface area contributed by atoms with Gasteiger partial charge in [-0.1, -0.05) is 27.5 Å². The first-order valence-electron chi connectivity index (χ1n) is 4.57. The molecular formula is C11H9BrClNOPdS. The molecule has 0 saturated carbocycles. The molecule has 1 aromatic carbocycles. The summed E-state index contributed by atoms with van der Waals surface area (Å²) in [6.07, 6.45) is 1.85. The molecule has 2 nitrogen and oxygen atoms in total. The predicted octanol–water partition coefficient (Wildman–Crippen LogP) is 4.54. The Balaban J connectivity index is 0.00000144. The fourth-order valence-corrected chi connectivity index (χ4v) is 3.16. The third-order valence-corrected chi connectivity index (χ3v) is 3.99. The van der Waals surface area contributed by atoms with Crippen LogP contribution in [0.3, 0.4) is 0 Å². The van der Waals surface area contributed by atoms with Crippen molar-refractivity contribution in [2.45, 2.75) is 6.92 Å². The summed E-state index contributed by atoms with van der Waals surface area (Å²) < 4.78 is 6.12. The number of thiazole rings is 1. The third-order valence-electron chi connectivity index (χ3n) is 2.09. The van der Waals surface area contributed by atoms with Crippen molar-refractivity contribution in [3.63, 3.8) is 0 Å². The second kappa shape index (κ2) is 6.31. The number of aromatic nitrogens is 1. The van der Waals surface area contributed by atoms with E-state index in [0.29, 0.717) is 10.8 Å². The summed E-state index contributed by atoms with van der Waals surface area (Å²) in [5.74, 6) is 0.660. The van der Waals surface area contributed by atoms with Crippen LogP contribution in [0, 0.1) is 6.92 Å². The standard InChI is InChI=1S/C11H9BrClNOS.Pd/c1-6-5-14-11(16-6)7-3-10(15-2)9(13)4-8(7)12;/h3-5H,1-2H3;. The number of hydrogen-bond donors (Lipinski definition) is 0. The quantitative estimate of drug-likeness (QED) is 0.660. The van der Waals surface area contributed by atoms with Crippen molar-refractivity contribution >= 4 is 38.9 Å². The predicted molar refractivity (Wildman–Crippen MR) is 71.5 cm³/mol. The Morgan fingerprint density at radius 1 is 1.41 bits per heavy atom. The van der Waals surface area contributed by atoms with Gasteiger partial charge in [-0.05, 0) is 19.1 Å². The van der Waals surface area contributed by atoms with Gasteiger partial charge in [0.15, 0.2) is 0 Å². The van der Waals surface area contributed by atoms with E-state index >= 15 is 0 Å². The maximum absolute atomic E-state index is 6.02.